The van der Waals surface area contributed by atoms with E-state index in [1.807, 2.05) is 12.1 Å². The van der Waals surface area contributed by atoms with Crippen molar-refractivity contribution >= 4 is 30.7 Å². The monoisotopic (exact) mass is 400 g/mol. The second kappa shape index (κ2) is 9.38. The maximum absolute atomic E-state index is 12.9. The first-order valence-electron chi connectivity index (χ1n) is 9.19. The molecule has 0 saturated carbocycles. The van der Waals surface area contributed by atoms with Crippen LogP contribution in [-0.4, -0.2) is 80.0 Å². The summed E-state index contributed by atoms with van der Waals surface area (Å²) in [5.74, 6) is 1.52. The normalized spacial score (nSPS) is 26.1. The van der Waals surface area contributed by atoms with Gasteiger partial charge in [0.1, 0.15) is 0 Å². The molecule has 5 nitrogen and oxygen atoms in total. The number of rotatable bonds is 3. The highest BCUT2D eigenvalue weighted by Gasteiger charge is 2.38. The maximum atomic E-state index is 12.9. The number of carbonyl (C=O) groups excluding carboxylic acids is 1. The van der Waals surface area contributed by atoms with E-state index in [-0.39, 0.29) is 30.7 Å². The number of amides is 1. The summed E-state index contributed by atoms with van der Waals surface area (Å²) in [7, 11) is 2.18. The molecule has 2 atom stereocenters. The van der Waals surface area contributed by atoms with Gasteiger partial charge < -0.3 is 15.1 Å². The zero-order chi connectivity index (χ0) is 16.5. The Morgan fingerprint density at radius 2 is 1.73 bits per heavy atom. The lowest BCUT2D eigenvalue weighted by atomic mass is 10.0. The Bertz CT molecular complexity index is 595. The number of benzene rings is 1. The van der Waals surface area contributed by atoms with Crippen molar-refractivity contribution in [1.29, 1.82) is 0 Å². The molecule has 4 rings (SSSR count). The number of piperazine rings is 1. The van der Waals surface area contributed by atoms with Crippen LogP contribution in [0.15, 0.2) is 24.3 Å². The van der Waals surface area contributed by atoms with Crippen LogP contribution in [0.2, 0.25) is 0 Å². The molecule has 3 saturated heterocycles. The molecular formula is C19H30Cl2N4O. The van der Waals surface area contributed by atoms with E-state index in [0.717, 1.165) is 64.5 Å². The molecule has 0 radical (unpaired) electrons. The summed E-state index contributed by atoms with van der Waals surface area (Å²) in [4.78, 5) is 19.8. The lowest BCUT2D eigenvalue weighted by Crippen LogP contribution is -2.43. The summed E-state index contributed by atoms with van der Waals surface area (Å²) < 4.78 is 0. The highest BCUT2D eigenvalue weighted by atomic mass is 35.5. The van der Waals surface area contributed by atoms with Crippen molar-refractivity contribution in [3.05, 3.63) is 35.4 Å². The Balaban J connectivity index is 0.00000121. The number of nitrogens with one attached hydrogen (secondary N) is 1. The van der Waals surface area contributed by atoms with Crippen LogP contribution in [0.5, 0.6) is 0 Å². The molecule has 0 unspecified atom stereocenters. The summed E-state index contributed by atoms with van der Waals surface area (Å²) in [6, 6.07) is 8.27. The number of carbonyl (C=O) groups is 1. The van der Waals surface area contributed by atoms with Crippen molar-refractivity contribution < 1.29 is 4.79 Å². The van der Waals surface area contributed by atoms with Crippen molar-refractivity contribution in [3.63, 3.8) is 0 Å². The molecule has 3 aliphatic rings. The van der Waals surface area contributed by atoms with Gasteiger partial charge in [0, 0.05) is 64.5 Å². The standard InChI is InChI=1S/C19H28N4O.2ClH/c1-21-5-7-22(8-6-21)12-15-3-2-4-16(9-15)19(24)23-13-17-10-20-11-18(17)14-23;;/h2-4,9,17-18,20H,5-8,10-14H2,1H3;2*1H/t17-,18+;;. The van der Waals surface area contributed by atoms with Gasteiger partial charge in [-0.3, -0.25) is 9.69 Å². The van der Waals surface area contributed by atoms with Gasteiger partial charge in [0.25, 0.3) is 5.91 Å². The smallest absolute Gasteiger partial charge is 0.253 e. The van der Waals surface area contributed by atoms with E-state index in [0.29, 0.717) is 11.8 Å². The maximum Gasteiger partial charge on any atom is 0.253 e. The van der Waals surface area contributed by atoms with Gasteiger partial charge in [-0.1, -0.05) is 12.1 Å². The quantitative estimate of drug-likeness (QED) is 0.835. The minimum atomic E-state index is 0. The van der Waals surface area contributed by atoms with Crippen molar-refractivity contribution in [2.24, 2.45) is 11.8 Å². The number of likely N-dealkylation sites (tertiary alicyclic amines) is 1. The van der Waals surface area contributed by atoms with Crippen LogP contribution in [0.3, 0.4) is 0 Å². The van der Waals surface area contributed by atoms with Gasteiger partial charge in [0.2, 0.25) is 0 Å². The minimum Gasteiger partial charge on any atom is -0.338 e. The number of fused-ring (bicyclic) bond motifs is 1. The summed E-state index contributed by atoms with van der Waals surface area (Å²) in [6.07, 6.45) is 0. The fraction of sp³-hybridized carbons (Fsp3) is 0.632. The average Bonchev–Trinajstić information content (AvgIpc) is 3.18. The topological polar surface area (TPSA) is 38.8 Å². The molecule has 1 N–H and O–H groups in total. The lowest BCUT2D eigenvalue weighted by molar-refractivity contribution is 0.0781. The number of nitrogens with zero attached hydrogens (tertiary/aromatic N) is 3. The third-order valence-corrected chi connectivity index (χ3v) is 5.85. The molecule has 0 bridgehead atoms. The minimum absolute atomic E-state index is 0. The summed E-state index contributed by atoms with van der Waals surface area (Å²) in [5, 5.41) is 3.43. The highest BCUT2D eigenvalue weighted by Crippen LogP contribution is 2.27. The number of hydrogen-bond donors (Lipinski definition) is 1. The molecule has 3 fully saturated rings. The van der Waals surface area contributed by atoms with E-state index >= 15 is 0 Å². The zero-order valence-electron chi connectivity index (χ0n) is 15.4. The Labute approximate surface area is 168 Å². The first kappa shape index (κ1) is 21.5. The number of halogens is 2. The molecule has 1 aromatic rings. The molecule has 1 amide bonds. The van der Waals surface area contributed by atoms with Gasteiger partial charge in [-0.2, -0.15) is 0 Å². The third kappa shape index (κ3) is 4.70. The van der Waals surface area contributed by atoms with Crippen LogP contribution in [0.25, 0.3) is 0 Å². The van der Waals surface area contributed by atoms with Crippen molar-refractivity contribution in [2.75, 3.05) is 59.4 Å². The molecule has 0 aromatic heterocycles. The number of hydrogen-bond acceptors (Lipinski definition) is 4. The van der Waals surface area contributed by atoms with E-state index in [1.54, 1.807) is 0 Å². The van der Waals surface area contributed by atoms with E-state index < -0.39 is 0 Å². The second-order valence-electron chi connectivity index (χ2n) is 7.67. The highest BCUT2D eigenvalue weighted by molar-refractivity contribution is 5.94. The first-order chi connectivity index (χ1) is 11.7. The van der Waals surface area contributed by atoms with Crippen LogP contribution < -0.4 is 5.32 Å². The predicted molar refractivity (Wildman–Crippen MR) is 109 cm³/mol. The first-order valence-corrected chi connectivity index (χ1v) is 9.19. The van der Waals surface area contributed by atoms with Crippen LogP contribution in [0.1, 0.15) is 15.9 Å². The molecule has 3 heterocycles. The van der Waals surface area contributed by atoms with Gasteiger partial charge in [-0.05, 0) is 36.6 Å². The van der Waals surface area contributed by atoms with E-state index in [9.17, 15) is 4.79 Å². The third-order valence-electron chi connectivity index (χ3n) is 5.85. The van der Waals surface area contributed by atoms with Crippen LogP contribution >= 0.6 is 24.8 Å². The van der Waals surface area contributed by atoms with E-state index in [1.165, 1.54) is 5.56 Å². The van der Waals surface area contributed by atoms with E-state index in [2.05, 4.69) is 39.2 Å². The molecule has 7 heteroatoms. The van der Waals surface area contributed by atoms with Crippen LogP contribution in [-0.2, 0) is 6.54 Å². The lowest BCUT2D eigenvalue weighted by Gasteiger charge is -2.32. The van der Waals surface area contributed by atoms with Crippen LogP contribution in [0.4, 0.5) is 0 Å². The second-order valence-corrected chi connectivity index (χ2v) is 7.67. The van der Waals surface area contributed by atoms with Crippen molar-refractivity contribution in [1.82, 2.24) is 20.0 Å². The number of likely N-dealkylation sites (N-methyl/N-ethyl adjacent to an activating group) is 1. The Kier molecular flexibility index (Phi) is 7.74. The van der Waals surface area contributed by atoms with Gasteiger partial charge in [0.15, 0.2) is 0 Å². The fourth-order valence-corrected chi connectivity index (χ4v) is 4.27. The molecule has 3 aliphatic heterocycles. The van der Waals surface area contributed by atoms with Gasteiger partial charge in [-0.15, -0.1) is 24.8 Å². The van der Waals surface area contributed by atoms with Gasteiger partial charge in [0.05, 0.1) is 0 Å². The van der Waals surface area contributed by atoms with Gasteiger partial charge in [-0.25, -0.2) is 0 Å². The average molecular weight is 401 g/mol. The fourth-order valence-electron chi connectivity index (χ4n) is 4.27. The SMILES string of the molecule is CN1CCN(Cc2cccc(C(=O)N3C[C@H]4CNC[C@H]4C3)c2)CC1.Cl.Cl. The molecule has 26 heavy (non-hydrogen) atoms. The van der Waals surface area contributed by atoms with Gasteiger partial charge >= 0.3 is 0 Å². The molecule has 1 aromatic carbocycles. The van der Waals surface area contributed by atoms with Crippen molar-refractivity contribution in [3.8, 4) is 0 Å². The molecule has 0 spiro atoms. The predicted octanol–water partition coefficient (Wildman–Crippen LogP) is 1.57. The molecule has 146 valence electrons. The largest absolute Gasteiger partial charge is 0.338 e. The Hall–Kier alpha value is -0.850. The Morgan fingerprint density at radius 3 is 2.38 bits per heavy atom. The van der Waals surface area contributed by atoms with Crippen LogP contribution in [0, 0.1) is 11.8 Å². The summed E-state index contributed by atoms with van der Waals surface area (Å²) in [6.45, 7) is 9.39. The zero-order valence-corrected chi connectivity index (χ0v) is 17.0. The Morgan fingerprint density at radius 1 is 1.08 bits per heavy atom. The van der Waals surface area contributed by atoms with Crippen molar-refractivity contribution in [2.45, 2.75) is 6.54 Å². The molecule has 0 aliphatic carbocycles. The molecular weight excluding hydrogens is 371 g/mol. The summed E-state index contributed by atoms with van der Waals surface area (Å²) >= 11 is 0. The van der Waals surface area contributed by atoms with E-state index in [4.69, 9.17) is 0 Å². The summed E-state index contributed by atoms with van der Waals surface area (Å²) in [5.41, 5.74) is 2.11.